The highest BCUT2D eigenvalue weighted by Crippen LogP contribution is 2.41. The Balaban J connectivity index is 1.38. The molecule has 0 bridgehead atoms. The minimum atomic E-state index is -5.17. The number of fused-ring (bicyclic) bond motifs is 1. The van der Waals surface area contributed by atoms with Gasteiger partial charge >= 0.3 is 12.1 Å². The maximum atomic E-state index is 14.0. The van der Waals surface area contributed by atoms with Gasteiger partial charge in [-0.1, -0.05) is 32.1 Å². The molecule has 4 atom stereocenters. The zero-order valence-corrected chi connectivity index (χ0v) is 22.4. The topological polar surface area (TPSA) is 145 Å². The molecule has 3 fully saturated rings. The fourth-order valence-electron chi connectivity index (χ4n) is 5.70. The number of carbonyl (C=O) groups is 4. The molecule has 2 aliphatic carbocycles. The summed E-state index contributed by atoms with van der Waals surface area (Å²) in [5, 5.41) is 14.5. The van der Waals surface area contributed by atoms with Gasteiger partial charge in [-0.05, 0) is 36.8 Å². The second kappa shape index (κ2) is 10.8. The average Bonchev–Trinajstić information content (AvgIpc) is 3.66. The van der Waals surface area contributed by atoms with Gasteiger partial charge in [0.2, 0.25) is 23.3 Å². The van der Waals surface area contributed by atoms with Crippen molar-refractivity contribution in [2.45, 2.75) is 81.3 Å². The number of pyridine rings is 1. The lowest BCUT2D eigenvalue weighted by Gasteiger charge is -2.36. The molecular weight excluding hydrogens is 545 g/mol. The number of nitrogens with one attached hydrogen (secondary N) is 2. The molecular formula is C27H31F3N6O5. The van der Waals surface area contributed by atoms with Gasteiger partial charge in [0.1, 0.15) is 23.8 Å². The number of nitriles is 1. The first-order valence-corrected chi connectivity index (χ1v) is 13.7. The smallest absolute Gasteiger partial charge is 0.457 e. The molecule has 3 heterocycles. The molecule has 14 heteroatoms. The van der Waals surface area contributed by atoms with Crippen LogP contribution in [0.4, 0.5) is 18.9 Å². The van der Waals surface area contributed by atoms with E-state index in [4.69, 9.17) is 4.74 Å². The minimum absolute atomic E-state index is 0.0108. The van der Waals surface area contributed by atoms with Crippen molar-refractivity contribution in [1.29, 1.82) is 5.26 Å². The van der Waals surface area contributed by atoms with E-state index in [1.165, 1.54) is 18.1 Å². The Morgan fingerprint density at radius 2 is 1.98 bits per heavy atom. The first-order valence-electron chi connectivity index (χ1n) is 13.7. The number of likely N-dealkylation sites (N-methyl/N-ethyl adjacent to an activating group) is 1. The number of carbonyl (C=O) groups excluding carboxylic acids is 4. The summed E-state index contributed by atoms with van der Waals surface area (Å²) in [6.45, 7) is -0.272. The summed E-state index contributed by atoms with van der Waals surface area (Å²) in [6.07, 6.45) is 0.455. The van der Waals surface area contributed by atoms with E-state index < -0.39 is 53.5 Å². The Labute approximate surface area is 234 Å². The second-order valence-electron chi connectivity index (χ2n) is 11.4. The number of alkyl halides is 3. The molecule has 1 aromatic rings. The Morgan fingerprint density at radius 3 is 2.59 bits per heavy atom. The van der Waals surface area contributed by atoms with Crippen molar-refractivity contribution in [3.05, 3.63) is 18.3 Å². The van der Waals surface area contributed by atoms with Crippen LogP contribution in [0.15, 0.2) is 18.3 Å². The van der Waals surface area contributed by atoms with Gasteiger partial charge < -0.3 is 25.2 Å². The van der Waals surface area contributed by atoms with Crippen LogP contribution in [-0.2, 0) is 19.2 Å². The number of amides is 4. The summed E-state index contributed by atoms with van der Waals surface area (Å²) < 4.78 is 45.2. The third-order valence-electron chi connectivity index (χ3n) is 8.49. The molecule has 2 aliphatic heterocycles. The standard InChI is InChI=1S/C27H31F3N6O5/c1-35(22(37)19(10-15-4-2-5-15)34-25(40)27(28,29)30)20(11-16-7-8-16)23(38)36-14-26(12-17(36)13-31)24(39)33-18-6-3-9-32-21(18)41-26/h3,6,9,15-17,19-20H,2,4-5,7-8,10-12,14H2,1H3,(H,33,39)(H,34,40). The number of anilines is 1. The molecule has 220 valence electrons. The maximum absolute atomic E-state index is 14.0. The third-order valence-corrected chi connectivity index (χ3v) is 8.49. The highest BCUT2D eigenvalue weighted by molar-refractivity contribution is 6.02. The highest BCUT2D eigenvalue weighted by atomic mass is 19.4. The van der Waals surface area contributed by atoms with Gasteiger partial charge in [0.05, 0.1) is 12.6 Å². The van der Waals surface area contributed by atoms with Crippen LogP contribution in [0.1, 0.15) is 51.4 Å². The molecule has 2 N–H and O–H groups in total. The first-order chi connectivity index (χ1) is 19.4. The molecule has 4 unspecified atom stereocenters. The number of ether oxygens (including phenoxy) is 1. The number of rotatable bonds is 8. The molecule has 1 spiro atoms. The zero-order chi connectivity index (χ0) is 29.5. The number of aromatic nitrogens is 1. The Hall–Kier alpha value is -3.89. The van der Waals surface area contributed by atoms with Crippen LogP contribution in [0, 0.1) is 23.2 Å². The molecule has 41 heavy (non-hydrogen) atoms. The monoisotopic (exact) mass is 576 g/mol. The van der Waals surface area contributed by atoms with E-state index >= 15 is 0 Å². The molecule has 4 aliphatic rings. The quantitative estimate of drug-likeness (QED) is 0.482. The van der Waals surface area contributed by atoms with Crippen molar-refractivity contribution in [2.24, 2.45) is 11.8 Å². The molecule has 5 rings (SSSR count). The lowest BCUT2D eigenvalue weighted by molar-refractivity contribution is -0.175. The van der Waals surface area contributed by atoms with Crippen LogP contribution in [0.25, 0.3) is 0 Å². The Bertz CT molecular complexity index is 1280. The van der Waals surface area contributed by atoms with E-state index in [0.717, 1.165) is 37.0 Å². The molecule has 1 aromatic heterocycles. The summed E-state index contributed by atoms with van der Waals surface area (Å²) in [7, 11) is 1.33. The zero-order valence-electron chi connectivity index (χ0n) is 22.4. The van der Waals surface area contributed by atoms with Gasteiger partial charge in [-0.25, -0.2) is 4.98 Å². The highest BCUT2D eigenvalue weighted by Gasteiger charge is 2.57. The van der Waals surface area contributed by atoms with Crippen LogP contribution in [0.5, 0.6) is 5.88 Å². The van der Waals surface area contributed by atoms with Crippen LogP contribution in [0.2, 0.25) is 0 Å². The molecule has 1 saturated heterocycles. The van der Waals surface area contributed by atoms with Gasteiger partial charge in [-0.15, -0.1) is 0 Å². The summed E-state index contributed by atoms with van der Waals surface area (Å²) in [4.78, 5) is 58.9. The molecule has 0 aromatic carbocycles. The fraction of sp³-hybridized carbons (Fsp3) is 0.630. The van der Waals surface area contributed by atoms with E-state index in [1.807, 2.05) is 11.4 Å². The van der Waals surface area contributed by atoms with Crippen LogP contribution in [-0.4, -0.2) is 81.9 Å². The molecule has 0 radical (unpaired) electrons. The number of hydrogen-bond acceptors (Lipinski definition) is 7. The first kappa shape index (κ1) is 28.6. The fourth-order valence-corrected chi connectivity index (χ4v) is 5.70. The second-order valence-corrected chi connectivity index (χ2v) is 11.4. The van der Waals surface area contributed by atoms with Crippen molar-refractivity contribution in [3.8, 4) is 11.9 Å². The average molecular weight is 577 g/mol. The number of likely N-dealkylation sites (tertiary alicyclic amines) is 1. The Kier molecular flexibility index (Phi) is 7.56. The van der Waals surface area contributed by atoms with Crippen molar-refractivity contribution in [1.82, 2.24) is 20.1 Å². The summed E-state index contributed by atoms with van der Waals surface area (Å²) in [5.74, 6) is -3.90. The summed E-state index contributed by atoms with van der Waals surface area (Å²) in [5.41, 5.74) is -1.21. The van der Waals surface area contributed by atoms with Gasteiger partial charge in [-0.3, -0.25) is 19.2 Å². The van der Waals surface area contributed by atoms with Gasteiger partial charge in [0.25, 0.3) is 5.91 Å². The van der Waals surface area contributed by atoms with E-state index in [0.29, 0.717) is 5.69 Å². The Morgan fingerprint density at radius 1 is 1.27 bits per heavy atom. The van der Waals surface area contributed by atoms with E-state index in [1.54, 1.807) is 12.1 Å². The lowest BCUT2D eigenvalue weighted by Crippen LogP contribution is -2.58. The van der Waals surface area contributed by atoms with Crippen molar-refractivity contribution < 1.29 is 37.1 Å². The summed E-state index contributed by atoms with van der Waals surface area (Å²) >= 11 is 0. The number of hydrogen-bond donors (Lipinski definition) is 2. The molecule has 11 nitrogen and oxygen atoms in total. The number of nitrogens with zero attached hydrogens (tertiary/aromatic N) is 4. The van der Waals surface area contributed by atoms with Crippen molar-refractivity contribution >= 4 is 29.3 Å². The normalized spacial score (nSPS) is 25.2. The van der Waals surface area contributed by atoms with Crippen molar-refractivity contribution in [2.75, 3.05) is 18.9 Å². The SMILES string of the molecule is CN(C(=O)C(CC1CCC1)NC(=O)C(F)(F)F)C(CC1CC1)C(=O)N1CC2(CC1C#N)Oc1ncccc1NC2=O. The van der Waals surface area contributed by atoms with Gasteiger partial charge in [0, 0.05) is 19.7 Å². The summed E-state index contributed by atoms with van der Waals surface area (Å²) in [6, 6.07) is 1.65. The molecule has 2 saturated carbocycles. The van der Waals surface area contributed by atoms with E-state index in [2.05, 4.69) is 10.3 Å². The lowest BCUT2D eigenvalue weighted by atomic mass is 9.80. The third kappa shape index (κ3) is 5.80. The van der Waals surface area contributed by atoms with E-state index in [9.17, 15) is 37.6 Å². The van der Waals surface area contributed by atoms with Crippen LogP contribution < -0.4 is 15.4 Å². The minimum Gasteiger partial charge on any atom is -0.457 e. The number of halogens is 3. The largest absolute Gasteiger partial charge is 0.471 e. The van der Waals surface area contributed by atoms with E-state index in [-0.39, 0.29) is 43.5 Å². The van der Waals surface area contributed by atoms with Crippen LogP contribution in [0.3, 0.4) is 0 Å². The van der Waals surface area contributed by atoms with Gasteiger partial charge in [0.15, 0.2) is 0 Å². The molecule has 4 amide bonds. The maximum Gasteiger partial charge on any atom is 0.471 e. The van der Waals surface area contributed by atoms with Gasteiger partial charge in [-0.2, -0.15) is 18.4 Å². The predicted molar refractivity (Wildman–Crippen MR) is 136 cm³/mol. The van der Waals surface area contributed by atoms with Crippen LogP contribution >= 0.6 is 0 Å². The predicted octanol–water partition coefficient (Wildman–Crippen LogP) is 2.14. The van der Waals surface area contributed by atoms with Crippen molar-refractivity contribution in [3.63, 3.8) is 0 Å².